The highest BCUT2D eigenvalue weighted by Gasteiger charge is 2.46. The summed E-state index contributed by atoms with van der Waals surface area (Å²) in [5, 5.41) is 7.73. The number of rotatable bonds is 4. The molecule has 4 heterocycles. The summed E-state index contributed by atoms with van der Waals surface area (Å²) in [4.78, 5) is 26.9. The van der Waals surface area contributed by atoms with E-state index in [4.69, 9.17) is 4.52 Å². The topological polar surface area (TPSA) is 87.4 Å². The molecule has 2 aliphatic heterocycles. The molecule has 2 fully saturated rings. The molecule has 8 nitrogen and oxygen atoms in total. The lowest BCUT2D eigenvalue weighted by molar-refractivity contribution is -0.143. The summed E-state index contributed by atoms with van der Waals surface area (Å²) in [6, 6.07) is 11.9. The molecule has 0 bridgehead atoms. The number of anilines is 1. The number of benzene rings is 1. The first-order valence-corrected chi connectivity index (χ1v) is 11.1. The molecule has 3 aromatic rings. The second kappa shape index (κ2) is 8.35. The van der Waals surface area contributed by atoms with E-state index < -0.39 is 5.54 Å². The van der Waals surface area contributed by atoms with Crippen molar-refractivity contribution in [3.8, 4) is 11.3 Å². The van der Waals surface area contributed by atoms with Crippen LogP contribution in [0.3, 0.4) is 0 Å². The quantitative estimate of drug-likeness (QED) is 0.678. The van der Waals surface area contributed by atoms with Crippen molar-refractivity contribution >= 4 is 11.9 Å². The van der Waals surface area contributed by atoms with Gasteiger partial charge in [-0.2, -0.15) is 0 Å². The van der Waals surface area contributed by atoms with Crippen LogP contribution in [0.2, 0.25) is 0 Å². The van der Waals surface area contributed by atoms with Crippen molar-refractivity contribution in [2.24, 2.45) is 0 Å². The van der Waals surface area contributed by atoms with Crippen LogP contribution in [0.5, 0.6) is 0 Å². The van der Waals surface area contributed by atoms with E-state index in [-0.39, 0.29) is 5.91 Å². The van der Waals surface area contributed by atoms with E-state index in [1.165, 1.54) is 0 Å². The fourth-order valence-corrected chi connectivity index (χ4v) is 4.80. The molecule has 2 saturated heterocycles. The van der Waals surface area contributed by atoms with Crippen molar-refractivity contribution in [2.45, 2.75) is 38.8 Å². The summed E-state index contributed by atoms with van der Waals surface area (Å²) >= 11 is 0. The van der Waals surface area contributed by atoms with E-state index in [9.17, 15) is 4.79 Å². The molecule has 0 atom stereocenters. The highest BCUT2D eigenvalue weighted by Crippen LogP contribution is 2.31. The van der Waals surface area contributed by atoms with Crippen LogP contribution in [0.4, 0.5) is 5.95 Å². The van der Waals surface area contributed by atoms with Gasteiger partial charge in [-0.05, 0) is 32.8 Å². The maximum Gasteiger partial charge on any atom is 0.243 e. The first-order chi connectivity index (χ1) is 15.5. The molecular weight excluding hydrogens is 404 g/mol. The number of nitrogens with zero attached hydrogens (tertiary/aromatic N) is 5. The van der Waals surface area contributed by atoms with Crippen LogP contribution < -0.4 is 10.2 Å². The monoisotopic (exact) mass is 432 g/mol. The predicted molar refractivity (Wildman–Crippen MR) is 121 cm³/mol. The van der Waals surface area contributed by atoms with E-state index in [2.05, 4.69) is 25.3 Å². The Morgan fingerprint density at radius 3 is 2.50 bits per heavy atom. The smallest absolute Gasteiger partial charge is 0.243 e. The number of hydrogen-bond donors (Lipinski definition) is 1. The van der Waals surface area contributed by atoms with Gasteiger partial charge >= 0.3 is 0 Å². The summed E-state index contributed by atoms with van der Waals surface area (Å²) < 4.78 is 5.27. The Morgan fingerprint density at radius 2 is 1.78 bits per heavy atom. The molecule has 8 heteroatoms. The van der Waals surface area contributed by atoms with Crippen LogP contribution >= 0.6 is 0 Å². The second-order valence-electron chi connectivity index (χ2n) is 8.73. The minimum atomic E-state index is -0.530. The molecule has 166 valence electrons. The molecule has 1 aromatic carbocycles. The molecule has 2 aromatic heterocycles. The fourth-order valence-electron chi connectivity index (χ4n) is 4.80. The van der Waals surface area contributed by atoms with Gasteiger partial charge in [0.15, 0.2) is 0 Å². The number of carbonyl (C=O) groups is 1. The van der Waals surface area contributed by atoms with Gasteiger partial charge in [0.25, 0.3) is 0 Å². The first kappa shape index (κ1) is 20.6. The summed E-state index contributed by atoms with van der Waals surface area (Å²) in [6.45, 7) is 7.42. The molecule has 0 unspecified atom stereocenters. The molecule has 0 saturated carbocycles. The van der Waals surface area contributed by atoms with Crippen molar-refractivity contribution in [3.05, 3.63) is 59.6 Å². The third-order valence-electron chi connectivity index (χ3n) is 6.46. The molecule has 0 aliphatic carbocycles. The zero-order valence-electron chi connectivity index (χ0n) is 18.5. The Kier molecular flexibility index (Phi) is 5.38. The maximum absolute atomic E-state index is 13.6. The predicted octanol–water partition coefficient (Wildman–Crippen LogP) is 2.72. The second-order valence-corrected chi connectivity index (χ2v) is 8.73. The van der Waals surface area contributed by atoms with E-state index in [0.29, 0.717) is 13.1 Å². The Hall–Kier alpha value is -3.26. The number of amides is 1. The number of piperazine rings is 1. The molecule has 1 spiro atoms. The first-order valence-electron chi connectivity index (χ1n) is 11.1. The minimum absolute atomic E-state index is 0.157. The van der Waals surface area contributed by atoms with Gasteiger partial charge in [-0.3, -0.25) is 4.79 Å². The Bertz CT molecular complexity index is 1080. The van der Waals surface area contributed by atoms with Crippen LogP contribution in [-0.4, -0.2) is 57.6 Å². The van der Waals surface area contributed by atoms with Gasteiger partial charge < -0.3 is 19.6 Å². The van der Waals surface area contributed by atoms with Crippen molar-refractivity contribution in [1.29, 1.82) is 0 Å². The van der Waals surface area contributed by atoms with Crippen LogP contribution in [-0.2, 0) is 11.3 Å². The average Bonchev–Trinajstić information content (AvgIpc) is 3.26. The fraction of sp³-hybridized carbons (Fsp3) is 0.417. The van der Waals surface area contributed by atoms with E-state index in [0.717, 1.165) is 66.6 Å². The van der Waals surface area contributed by atoms with Gasteiger partial charge in [0.2, 0.25) is 11.9 Å². The molecule has 1 N–H and O–H groups in total. The van der Waals surface area contributed by atoms with Gasteiger partial charge in [0, 0.05) is 48.7 Å². The minimum Gasteiger partial charge on any atom is -0.364 e. The zero-order valence-corrected chi connectivity index (χ0v) is 18.5. The lowest BCUT2D eigenvalue weighted by atomic mass is 9.84. The molecular formula is C24H28N6O2. The molecule has 0 radical (unpaired) electrons. The summed E-state index contributed by atoms with van der Waals surface area (Å²) in [5.74, 6) is 0.916. The van der Waals surface area contributed by atoms with Gasteiger partial charge in [-0.15, -0.1) is 0 Å². The standard InChI is InChI=1S/C24H28N6O2/c1-17-14-18(2)27-23(26-17)29-11-8-24(9-12-29)22(31)30(13-10-25-24)15-20-16-32-28-21(20)19-6-4-3-5-7-19/h3-7,14,16,25H,8-13,15H2,1-2H3. The van der Waals surface area contributed by atoms with Gasteiger partial charge in [0.1, 0.15) is 17.5 Å². The number of hydrogen-bond acceptors (Lipinski definition) is 7. The van der Waals surface area contributed by atoms with Crippen LogP contribution in [0.15, 0.2) is 47.2 Å². The van der Waals surface area contributed by atoms with E-state index in [1.54, 1.807) is 6.26 Å². The van der Waals surface area contributed by atoms with Gasteiger partial charge in [-0.1, -0.05) is 35.5 Å². The van der Waals surface area contributed by atoms with Crippen molar-refractivity contribution in [1.82, 2.24) is 25.3 Å². The molecule has 1 amide bonds. The lowest BCUT2D eigenvalue weighted by Crippen LogP contribution is -2.67. The lowest BCUT2D eigenvalue weighted by Gasteiger charge is -2.47. The average molecular weight is 433 g/mol. The van der Waals surface area contributed by atoms with Crippen molar-refractivity contribution in [3.63, 3.8) is 0 Å². The van der Waals surface area contributed by atoms with E-state index in [1.807, 2.05) is 55.1 Å². The summed E-state index contributed by atoms with van der Waals surface area (Å²) in [5.41, 5.74) is 4.13. The van der Waals surface area contributed by atoms with Gasteiger partial charge in [-0.25, -0.2) is 9.97 Å². The largest absolute Gasteiger partial charge is 0.364 e. The highest BCUT2D eigenvalue weighted by molar-refractivity contribution is 5.87. The van der Waals surface area contributed by atoms with Crippen molar-refractivity contribution in [2.75, 3.05) is 31.1 Å². The van der Waals surface area contributed by atoms with Crippen molar-refractivity contribution < 1.29 is 9.32 Å². The van der Waals surface area contributed by atoms with Crippen LogP contribution in [0, 0.1) is 13.8 Å². The number of aryl methyl sites for hydroxylation is 2. The third-order valence-corrected chi connectivity index (χ3v) is 6.46. The summed E-state index contributed by atoms with van der Waals surface area (Å²) in [7, 11) is 0. The molecule has 32 heavy (non-hydrogen) atoms. The molecule has 5 rings (SSSR count). The number of piperidine rings is 1. The Labute approximate surface area is 187 Å². The normalized spacial score (nSPS) is 18.4. The number of nitrogens with one attached hydrogen (secondary N) is 1. The zero-order chi connectivity index (χ0) is 22.1. The summed E-state index contributed by atoms with van der Waals surface area (Å²) in [6.07, 6.45) is 3.12. The van der Waals surface area contributed by atoms with Crippen LogP contribution in [0.1, 0.15) is 29.8 Å². The Balaban J connectivity index is 1.30. The Morgan fingerprint density at radius 1 is 1.06 bits per heavy atom. The van der Waals surface area contributed by atoms with Crippen LogP contribution in [0.25, 0.3) is 11.3 Å². The SMILES string of the molecule is Cc1cc(C)nc(N2CCC3(CC2)NCCN(Cc2conc2-c2ccccc2)C3=O)n1. The van der Waals surface area contributed by atoms with Gasteiger partial charge in [0.05, 0.1) is 6.54 Å². The van der Waals surface area contributed by atoms with E-state index >= 15 is 0 Å². The highest BCUT2D eigenvalue weighted by atomic mass is 16.5. The third kappa shape index (κ3) is 3.86. The maximum atomic E-state index is 13.6. The number of carbonyl (C=O) groups excluding carboxylic acids is 1. The number of aromatic nitrogens is 3. The molecule has 2 aliphatic rings.